The smallest absolute Gasteiger partial charge is 0.296 e. The van der Waals surface area contributed by atoms with Crippen LogP contribution in [0.1, 0.15) is 13.8 Å². The van der Waals surface area contributed by atoms with Gasteiger partial charge in [0.25, 0.3) is 0 Å². The lowest BCUT2D eigenvalue weighted by Crippen LogP contribution is -2.40. The van der Waals surface area contributed by atoms with Crippen molar-refractivity contribution in [1.82, 2.24) is 4.90 Å². The zero-order valence-corrected chi connectivity index (χ0v) is 6.37. The summed E-state index contributed by atoms with van der Waals surface area (Å²) in [6.07, 6.45) is -4.09. The molecule has 62 valence electrons. The second-order valence-electron chi connectivity index (χ2n) is 2.29. The zero-order chi connectivity index (χ0) is 8.36. The molecule has 0 unspecified atom stereocenters. The molecule has 0 spiro atoms. The molecule has 0 aliphatic heterocycles. The zero-order valence-electron chi connectivity index (χ0n) is 6.37. The predicted octanol–water partition coefficient (Wildman–Crippen LogP) is 1.89. The van der Waals surface area contributed by atoms with Crippen LogP contribution in [-0.2, 0) is 0 Å². The lowest BCUT2D eigenvalue weighted by atomic mass is 10.3. The highest BCUT2D eigenvalue weighted by molar-refractivity contribution is 4.69. The Hall–Kier alpha value is -0.250. The van der Waals surface area contributed by atoms with Gasteiger partial charge in [-0.2, -0.15) is 13.2 Å². The fourth-order valence-corrected chi connectivity index (χ4v) is 0.524. The van der Waals surface area contributed by atoms with Crippen molar-refractivity contribution >= 4 is 0 Å². The minimum atomic E-state index is -4.09. The first-order valence-electron chi connectivity index (χ1n) is 3.16. The summed E-state index contributed by atoms with van der Waals surface area (Å²) in [7, 11) is 1.46. The third kappa shape index (κ3) is 2.56. The van der Waals surface area contributed by atoms with Gasteiger partial charge in [0.1, 0.15) is 6.04 Å². The van der Waals surface area contributed by atoms with E-state index >= 15 is 0 Å². The van der Waals surface area contributed by atoms with E-state index in [-0.39, 0.29) is 0 Å². The van der Waals surface area contributed by atoms with Gasteiger partial charge in [-0.1, -0.05) is 6.92 Å². The van der Waals surface area contributed by atoms with Gasteiger partial charge in [0.2, 0.25) is 0 Å². The van der Waals surface area contributed by atoms with Crippen LogP contribution in [0, 0.1) is 0 Å². The van der Waals surface area contributed by atoms with Crippen molar-refractivity contribution in [3.05, 3.63) is 0 Å². The molecular formula is C6H12F3N. The third-order valence-electron chi connectivity index (χ3n) is 1.63. The van der Waals surface area contributed by atoms with Crippen molar-refractivity contribution in [2.75, 3.05) is 13.6 Å². The second-order valence-corrected chi connectivity index (χ2v) is 2.29. The van der Waals surface area contributed by atoms with Gasteiger partial charge in [-0.05, 0) is 20.5 Å². The largest absolute Gasteiger partial charge is 0.403 e. The number of alkyl halides is 3. The SMILES string of the molecule is CCN(C)[C@@H](C)C(F)(F)F. The van der Waals surface area contributed by atoms with E-state index in [1.807, 2.05) is 0 Å². The van der Waals surface area contributed by atoms with Gasteiger partial charge >= 0.3 is 6.18 Å². The highest BCUT2D eigenvalue weighted by Crippen LogP contribution is 2.22. The van der Waals surface area contributed by atoms with Crippen molar-refractivity contribution in [1.29, 1.82) is 0 Å². The molecular weight excluding hydrogens is 143 g/mol. The summed E-state index contributed by atoms with van der Waals surface area (Å²) in [6.45, 7) is 3.27. The third-order valence-corrected chi connectivity index (χ3v) is 1.63. The Morgan fingerprint density at radius 3 is 1.90 bits per heavy atom. The Morgan fingerprint density at radius 2 is 1.80 bits per heavy atom. The first-order valence-corrected chi connectivity index (χ1v) is 3.16. The summed E-state index contributed by atoms with van der Waals surface area (Å²) < 4.78 is 35.5. The van der Waals surface area contributed by atoms with E-state index in [4.69, 9.17) is 0 Å². The Kier molecular flexibility index (Phi) is 3.15. The van der Waals surface area contributed by atoms with Crippen LogP contribution in [0.5, 0.6) is 0 Å². The van der Waals surface area contributed by atoms with Gasteiger partial charge in [-0.15, -0.1) is 0 Å². The molecule has 0 amide bonds. The highest BCUT2D eigenvalue weighted by atomic mass is 19.4. The van der Waals surface area contributed by atoms with Gasteiger partial charge in [0, 0.05) is 0 Å². The second kappa shape index (κ2) is 3.23. The molecule has 1 atom stereocenters. The minimum Gasteiger partial charge on any atom is -0.296 e. The summed E-state index contributed by atoms with van der Waals surface area (Å²) in [6, 6.07) is -1.34. The Morgan fingerprint density at radius 1 is 1.40 bits per heavy atom. The molecule has 0 aromatic rings. The molecule has 0 rings (SSSR count). The van der Waals surface area contributed by atoms with Crippen LogP contribution in [0.3, 0.4) is 0 Å². The van der Waals surface area contributed by atoms with Crippen LogP contribution in [0.25, 0.3) is 0 Å². The molecule has 0 bridgehead atoms. The van der Waals surface area contributed by atoms with Gasteiger partial charge in [0.15, 0.2) is 0 Å². The lowest BCUT2D eigenvalue weighted by molar-refractivity contribution is -0.174. The summed E-state index contributed by atoms with van der Waals surface area (Å²) in [4.78, 5) is 1.25. The molecule has 0 heterocycles. The normalized spacial score (nSPS) is 15.9. The van der Waals surface area contributed by atoms with Crippen molar-refractivity contribution in [3.63, 3.8) is 0 Å². The maximum atomic E-state index is 11.8. The van der Waals surface area contributed by atoms with E-state index in [1.54, 1.807) is 6.92 Å². The van der Waals surface area contributed by atoms with E-state index in [1.165, 1.54) is 11.9 Å². The van der Waals surface area contributed by atoms with E-state index < -0.39 is 12.2 Å². The van der Waals surface area contributed by atoms with Gasteiger partial charge in [-0.25, -0.2) is 0 Å². The maximum Gasteiger partial charge on any atom is 0.403 e. The average Bonchev–Trinajstić information content (AvgIpc) is 1.83. The molecule has 0 saturated heterocycles. The summed E-state index contributed by atoms with van der Waals surface area (Å²) in [5.74, 6) is 0. The van der Waals surface area contributed by atoms with Gasteiger partial charge in [-0.3, -0.25) is 4.90 Å². The minimum absolute atomic E-state index is 0.417. The molecule has 0 N–H and O–H groups in total. The number of hydrogen-bond donors (Lipinski definition) is 0. The number of halogens is 3. The van der Waals surface area contributed by atoms with Crippen LogP contribution >= 0.6 is 0 Å². The fraction of sp³-hybridized carbons (Fsp3) is 1.00. The lowest BCUT2D eigenvalue weighted by Gasteiger charge is -2.24. The molecule has 0 aromatic carbocycles. The van der Waals surface area contributed by atoms with Crippen LogP contribution in [0.15, 0.2) is 0 Å². The van der Waals surface area contributed by atoms with E-state index in [9.17, 15) is 13.2 Å². The van der Waals surface area contributed by atoms with E-state index in [0.717, 1.165) is 6.92 Å². The Bertz CT molecular complexity index is 99.7. The van der Waals surface area contributed by atoms with E-state index in [0.29, 0.717) is 6.54 Å². The number of nitrogens with zero attached hydrogens (tertiary/aromatic N) is 1. The average molecular weight is 155 g/mol. The van der Waals surface area contributed by atoms with Gasteiger partial charge < -0.3 is 0 Å². The van der Waals surface area contributed by atoms with Crippen molar-refractivity contribution in [2.24, 2.45) is 0 Å². The van der Waals surface area contributed by atoms with Crippen molar-refractivity contribution in [3.8, 4) is 0 Å². The Labute approximate surface area is 58.8 Å². The molecule has 0 fully saturated rings. The predicted molar refractivity (Wildman–Crippen MR) is 33.8 cm³/mol. The molecule has 0 saturated carbocycles. The quantitative estimate of drug-likeness (QED) is 0.588. The standard InChI is InChI=1S/C6H12F3N/c1-4-10(3)5(2)6(7,8)9/h5H,4H2,1-3H3/t5-/m0/s1. The summed E-state index contributed by atoms with van der Waals surface area (Å²) in [5, 5.41) is 0. The molecule has 0 aliphatic rings. The van der Waals surface area contributed by atoms with Crippen molar-refractivity contribution < 1.29 is 13.2 Å². The summed E-state index contributed by atoms with van der Waals surface area (Å²) in [5.41, 5.74) is 0. The number of rotatable bonds is 2. The first kappa shape index (κ1) is 9.75. The van der Waals surface area contributed by atoms with E-state index in [2.05, 4.69) is 0 Å². The Balaban J connectivity index is 3.94. The van der Waals surface area contributed by atoms with Crippen LogP contribution in [0.4, 0.5) is 13.2 Å². The van der Waals surface area contributed by atoms with Crippen molar-refractivity contribution in [2.45, 2.75) is 26.1 Å². The fourth-order valence-electron chi connectivity index (χ4n) is 0.524. The molecule has 10 heavy (non-hydrogen) atoms. The molecule has 0 aromatic heterocycles. The molecule has 1 nitrogen and oxygen atoms in total. The van der Waals surface area contributed by atoms with Crippen LogP contribution in [-0.4, -0.2) is 30.7 Å². The van der Waals surface area contributed by atoms with Gasteiger partial charge in [0.05, 0.1) is 0 Å². The maximum absolute atomic E-state index is 11.8. The van der Waals surface area contributed by atoms with Crippen LogP contribution in [0.2, 0.25) is 0 Å². The highest BCUT2D eigenvalue weighted by Gasteiger charge is 2.37. The monoisotopic (exact) mass is 155 g/mol. The molecule has 4 heteroatoms. The summed E-state index contributed by atoms with van der Waals surface area (Å²) >= 11 is 0. The van der Waals surface area contributed by atoms with Crippen LogP contribution < -0.4 is 0 Å². The topological polar surface area (TPSA) is 3.24 Å². The number of hydrogen-bond acceptors (Lipinski definition) is 1. The first-order chi connectivity index (χ1) is 4.39. The molecule has 0 radical (unpaired) electrons. The molecule has 0 aliphatic carbocycles.